The molecule has 0 aromatic heterocycles. The van der Waals surface area contributed by atoms with Crippen LogP contribution in [0.3, 0.4) is 0 Å². The zero-order valence-electron chi connectivity index (χ0n) is 17.1. The minimum Gasteiger partial charge on any atom is -0.357 e. The third-order valence-electron chi connectivity index (χ3n) is 3.53. The fourth-order valence-electron chi connectivity index (χ4n) is 2.44. The highest BCUT2D eigenvalue weighted by molar-refractivity contribution is 14.0. The molecule has 0 unspecified atom stereocenters. The summed E-state index contributed by atoms with van der Waals surface area (Å²) in [4.78, 5) is 4.83. The maximum atomic E-state index is 12.7. The van der Waals surface area contributed by atoms with E-state index in [-0.39, 0.29) is 28.9 Å². The van der Waals surface area contributed by atoms with Gasteiger partial charge in [-0.2, -0.15) is 0 Å². The van der Waals surface area contributed by atoms with Crippen molar-refractivity contribution < 1.29 is 8.42 Å². The van der Waals surface area contributed by atoms with Crippen molar-refractivity contribution in [2.24, 2.45) is 4.99 Å². The Morgan fingerprint density at radius 1 is 1.07 bits per heavy atom. The SMILES string of the molecule is CCCCCNC(=NCc1ccccc1S(=O)(=O)NC(C)(C)C)NCC.I. The van der Waals surface area contributed by atoms with Crippen molar-refractivity contribution in [1.82, 2.24) is 15.4 Å². The van der Waals surface area contributed by atoms with Crippen LogP contribution in [0.2, 0.25) is 0 Å². The van der Waals surface area contributed by atoms with Crippen LogP contribution in [0, 0.1) is 0 Å². The predicted molar refractivity (Wildman–Crippen MR) is 124 cm³/mol. The molecule has 0 fully saturated rings. The molecular formula is C19H35IN4O2S. The van der Waals surface area contributed by atoms with Crippen LogP contribution in [0.15, 0.2) is 34.2 Å². The zero-order chi connectivity index (χ0) is 19.6. The van der Waals surface area contributed by atoms with E-state index in [2.05, 4.69) is 27.3 Å². The number of hydrogen-bond donors (Lipinski definition) is 3. The monoisotopic (exact) mass is 510 g/mol. The van der Waals surface area contributed by atoms with Crippen LogP contribution < -0.4 is 15.4 Å². The molecule has 0 radical (unpaired) electrons. The van der Waals surface area contributed by atoms with Crippen LogP contribution in [0.5, 0.6) is 0 Å². The summed E-state index contributed by atoms with van der Waals surface area (Å²) in [6.07, 6.45) is 3.43. The van der Waals surface area contributed by atoms with Crippen LogP contribution in [-0.2, 0) is 16.6 Å². The van der Waals surface area contributed by atoms with Gasteiger partial charge in [0.25, 0.3) is 0 Å². The van der Waals surface area contributed by atoms with Crippen molar-refractivity contribution >= 4 is 40.0 Å². The topological polar surface area (TPSA) is 82.6 Å². The van der Waals surface area contributed by atoms with Crippen LogP contribution in [0.25, 0.3) is 0 Å². The minimum atomic E-state index is -3.59. The number of sulfonamides is 1. The smallest absolute Gasteiger partial charge is 0.241 e. The largest absolute Gasteiger partial charge is 0.357 e. The van der Waals surface area contributed by atoms with Gasteiger partial charge >= 0.3 is 0 Å². The van der Waals surface area contributed by atoms with Crippen LogP contribution in [-0.4, -0.2) is 33.0 Å². The third kappa shape index (κ3) is 10.3. The molecule has 0 heterocycles. The highest BCUT2D eigenvalue weighted by Crippen LogP contribution is 2.18. The molecule has 6 nitrogen and oxygen atoms in total. The van der Waals surface area contributed by atoms with E-state index >= 15 is 0 Å². The van der Waals surface area contributed by atoms with Crippen molar-refractivity contribution in [3.05, 3.63) is 29.8 Å². The molecule has 0 bridgehead atoms. The second kappa shape index (κ2) is 12.6. The molecule has 0 saturated carbocycles. The summed E-state index contributed by atoms with van der Waals surface area (Å²) in [5.74, 6) is 0.708. The number of benzene rings is 1. The molecule has 8 heteroatoms. The van der Waals surface area contributed by atoms with Crippen molar-refractivity contribution in [3.8, 4) is 0 Å². The van der Waals surface area contributed by atoms with Gasteiger partial charge in [0, 0.05) is 18.6 Å². The van der Waals surface area contributed by atoms with Crippen molar-refractivity contribution in [3.63, 3.8) is 0 Å². The van der Waals surface area contributed by atoms with Gasteiger partial charge in [0.1, 0.15) is 0 Å². The van der Waals surface area contributed by atoms with Crippen molar-refractivity contribution in [2.45, 2.75) is 70.9 Å². The average Bonchev–Trinajstić information content (AvgIpc) is 2.54. The molecule has 0 spiro atoms. The van der Waals surface area contributed by atoms with Gasteiger partial charge in [-0.1, -0.05) is 38.0 Å². The van der Waals surface area contributed by atoms with Gasteiger partial charge in [0.2, 0.25) is 10.0 Å². The van der Waals surface area contributed by atoms with E-state index in [9.17, 15) is 8.42 Å². The lowest BCUT2D eigenvalue weighted by atomic mass is 10.1. The van der Waals surface area contributed by atoms with E-state index in [1.54, 1.807) is 18.2 Å². The van der Waals surface area contributed by atoms with E-state index < -0.39 is 15.6 Å². The highest BCUT2D eigenvalue weighted by Gasteiger charge is 2.24. The third-order valence-corrected chi connectivity index (χ3v) is 5.39. The average molecular weight is 510 g/mol. The maximum absolute atomic E-state index is 12.7. The lowest BCUT2D eigenvalue weighted by molar-refractivity contribution is 0.491. The quantitative estimate of drug-likeness (QED) is 0.205. The summed E-state index contributed by atoms with van der Waals surface area (Å²) in [5, 5.41) is 6.50. The van der Waals surface area contributed by atoms with E-state index in [1.165, 1.54) is 12.8 Å². The van der Waals surface area contributed by atoms with Gasteiger partial charge in [-0.25, -0.2) is 18.1 Å². The first-order valence-corrected chi connectivity index (χ1v) is 10.8. The number of nitrogens with one attached hydrogen (secondary N) is 3. The fourth-order valence-corrected chi connectivity index (χ4v) is 4.09. The number of rotatable bonds is 9. The van der Waals surface area contributed by atoms with Gasteiger partial charge in [-0.15, -0.1) is 24.0 Å². The van der Waals surface area contributed by atoms with Crippen LogP contribution in [0.1, 0.15) is 59.4 Å². The first kappa shape index (κ1) is 26.1. The van der Waals surface area contributed by atoms with Gasteiger partial charge in [0.05, 0.1) is 11.4 Å². The normalized spacial score (nSPS) is 12.4. The second-order valence-corrected chi connectivity index (χ2v) is 8.94. The Hall–Kier alpha value is -0.870. The van der Waals surface area contributed by atoms with Gasteiger partial charge < -0.3 is 10.6 Å². The van der Waals surface area contributed by atoms with Crippen LogP contribution >= 0.6 is 24.0 Å². The highest BCUT2D eigenvalue weighted by atomic mass is 127. The summed E-state index contributed by atoms with van der Waals surface area (Å²) in [6.45, 7) is 11.6. The Bertz CT molecular complexity index is 685. The molecule has 1 rings (SSSR count). The Kier molecular flexibility index (Phi) is 12.2. The molecule has 0 aliphatic heterocycles. The summed E-state index contributed by atoms with van der Waals surface area (Å²) >= 11 is 0. The molecule has 156 valence electrons. The van der Waals surface area contributed by atoms with Crippen LogP contribution in [0.4, 0.5) is 0 Å². The number of hydrogen-bond acceptors (Lipinski definition) is 3. The zero-order valence-corrected chi connectivity index (χ0v) is 20.3. The summed E-state index contributed by atoms with van der Waals surface area (Å²) in [5.41, 5.74) is 0.139. The minimum absolute atomic E-state index is 0. The van der Waals surface area contributed by atoms with Gasteiger partial charge in [-0.05, 0) is 45.7 Å². The summed E-state index contributed by atoms with van der Waals surface area (Å²) in [7, 11) is -3.59. The lowest BCUT2D eigenvalue weighted by Gasteiger charge is -2.21. The number of guanidine groups is 1. The van der Waals surface area contributed by atoms with Gasteiger partial charge in [0.15, 0.2) is 5.96 Å². The molecular weight excluding hydrogens is 475 g/mol. The van der Waals surface area contributed by atoms with E-state index in [4.69, 9.17) is 0 Å². The molecule has 0 aliphatic rings. The van der Waals surface area contributed by atoms with Crippen molar-refractivity contribution in [1.29, 1.82) is 0 Å². The van der Waals surface area contributed by atoms with E-state index in [1.807, 2.05) is 33.8 Å². The van der Waals surface area contributed by atoms with Crippen molar-refractivity contribution in [2.75, 3.05) is 13.1 Å². The first-order valence-electron chi connectivity index (χ1n) is 9.33. The van der Waals surface area contributed by atoms with Gasteiger partial charge in [-0.3, -0.25) is 0 Å². The van der Waals surface area contributed by atoms with E-state index in [0.717, 1.165) is 19.5 Å². The Balaban J connectivity index is 0.00000676. The second-order valence-electron chi connectivity index (χ2n) is 7.29. The number of aliphatic imine (C=N–C) groups is 1. The molecule has 0 saturated heterocycles. The standard InChI is InChI=1S/C19H34N4O2S.HI/c1-6-8-11-14-21-18(20-7-2)22-15-16-12-9-10-13-17(16)26(24,25)23-19(3,4)5;/h9-10,12-13,23H,6-8,11,14-15H2,1-5H3,(H2,20,21,22);1H. The Morgan fingerprint density at radius 3 is 2.33 bits per heavy atom. The summed E-state index contributed by atoms with van der Waals surface area (Å²) < 4.78 is 28.1. The number of halogens is 1. The summed E-state index contributed by atoms with van der Waals surface area (Å²) in [6, 6.07) is 7.00. The molecule has 0 amide bonds. The predicted octanol–water partition coefficient (Wildman–Crippen LogP) is 3.63. The fraction of sp³-hybridized carbons (Fsp3) is 0.632. The number of nitrogens with zero attached hydrogens (tertiary/aromatic N) is 1. The van der Waals surface area contributed by atoms with E-state index in [0.29, 0.717) is 18.1 Å². The molecule has 1 aromatic carbocycles. The Morgan fingerprint density at radius 2 is 1.74 bits per heavy atom. The molecule has 0 aliphatic carbocycles. The molecule has 0 atom stereocenters. The molecule has 1 aromatic rings. The number of unbranched alkanes of at least 4 members (excludes halogenated alkanes) is 2. The molecule has 27 heavy (non-hydrogen) atoms. The Labute approximate surface area is 182 Å². The molecule has 3 N–H and O–H groups in total. The first-order chi connectivity index (χ1) is 12.2. The maximum Gasteiger partial charge on any atom is 0.241 e. The lowest BCUT2D eigenvalue weighted by Crippen LogP contribution is -2.40.